The van der Waals surface area contributed by atoms with Crippen molar-refractivity contribution in [2.24, 2.45) is 5.92 Å². The fourth-order valence-corrected chi connectivity index (χ4v) is 3.52. The molecule has 0 N–H and O–H groups in total. The second-order valence-corrected chi connectivity index (χ2v) is 6.27. The Morgan fingerprint density at radius 1 is 1.31 bits per heavy atom. The molecule has 2 rings (SSSR count). The summed E-state index contributed by atoms with van der Waals surface area (Å²) in [7, 11) is 0. The molecule has 0 bridgehead atoms. The van der Waals surface area contributed by atoms with Gasteiger partial charge >= 0.3 is 0 Å². The van der Waals surface area contributed by atoms with Crippen LogP contribution in [0.2, 0.25) is 0 Å². The first-order valence-corrected chi connectivity index (χ1v) is 7.60. The van der Waals surface area contributed by atoms with Crippen molar-refractivity contribution in [1.82, 2.24) is 4.90 Å². The maximum atomic E-state index is 12.3. The maximum absolute atomic E-state index is 12.3. The molecule has 3 heteroatoms. The molecule has 2 aliphatic rings. The van der Waals surface area contributed by atoms with E-state index in [4.69, 9.17) is 0 Å². The molecule has 1 amide bonds. The Kier molecular flexibility index (Phi) is 4.28. The molecule has 2 nitrogen and oxygen atoms in total. The summed E-state index contributed by atoms with van der Waals surface area (Å²) in [6, 6.07) is 0.557. The van der Waals surface area contributed by atoms with Crippen molar-refractivity contribution in [2.45, 2.75) is 62.7 Å². The van der Waals surface area contributed by atoms with Crippen LogP contribution in [-0.2, 0) is 4.79 Å². The SMILES string of the molecule is CCC(Br)C(=O)N1CCCC2CCCCC21. The molecule has 1 heterocycles. The van der Waals surface area contributed by atoms with Gasteiger partial charge in [0.05, 0.1) is 4.83 Å². The van der Waals surface area contributed by atoms with Crippen molar-refractivity contribution >= 4 is 21.8 Å². The number of carbonyl (C=O) groups is 1. The molecule has 3 atom stereocenters. The van der Waals surface area contributed by atoms with Gasteiger partial charge in [-0.15, -0.1) is 0 Å². The van der Waals surface area contributed by atoms with Crippen LogP contribution in [0.4, 0.5) is 0 Å². The number of hydrogen-bond donors (Lipinski definition) is 0. The Morgan fingerprint density at radius 2 is 2.00 bits per heavy atom. The minimum absolute atomic E-state index is 0.0353. The number of alkyl halides is 1. The largest absolute Gasteiger partial charge is 0.338 e. The highest BCUT2D eigenvalue weighted by atomic mass is 79.9. The Balaban J connectivity index is 2.04. The van der Waals surface area contributed by atoms with Gasteiger partial charge in [-0.3, -0.25) is 4.79 Å². The maximum Gasteiger partial charge on any atom is 0.236 e. The predicted molar refractivity (Wildman–Crippen MR) is 69.7 cm³/mol. The molecule has 0 spiro atoms. The third-order valence-electron chi connectivity index (χ3n) is 4.15. The monoisotopic (exact) mass is 287 g/mol. The Labute approximate surface area is 107 Å². The van der Waals surface area contributed by atoms with Crippen LogP contribution in [0.5, 0.6) is 0 Å². The number of halogens is 1. The topological polar surface area (TPSA) is 20.3 Å². The van der Waals surface area contributed by atoms with Crippen molar-refractivity contribution in [3.63, 3.8) is 0 Å². The van der Waals surface area contributed by atoms with Crippen LogP contribution >= 0.6 is 15.9 Å². The average Bonchev–Trinajstić information content (AvgIpc) is 2.36. The number of rotatable bonds is 2. The summed E-state index contributed by atoms with van der Waals surface area (Å²) < 4.78 is 0. The lowest BCUT2D eigenvalue weighted by atomic mass is 9.78. The lowest BCUT2D eigenvalue weighted by molar-refractivity contribution is -0.136. The molecule has 3 unspecified atom stereocenters. The molecule has 0 aromatic heterocycles. The van der Waals surface area contributed by atoms with Crippen LogP contribution < -0.4 is 0 Å². The second-order valence-electron chi connectivity index (χ2n) is 5.16. The number of likely N-dealkylation sites (tertiary alicyclic amines) is 1. The van der Waals surface area contributed by atoms with Gasteiger partial charge in [-0.1, -0.05) is 35.7 Å². The van der Waals surface area contributed by atoms with Gasteiger partial charge in [0.15, 0.2) is 0 Å². The molecular weight excluding hydrogens is 266 g/mol. The van der Waals surface area contributed by atoms with Crippen LogP contribution in [0.15, 0.2) is 0 Å². The number of fused-ring (bicyclic) bond motifs is 1. The van der Waals surface area contributed by atoms with Gasteiger partial charge in [0.2, 0.25) is 5.91 Å². The summed E-state index contributed by atoms with van der Waals surface area (Å²) in [6.07, 6.45) is 8.70. The molecule has 0 radical (unpaired) electrons. The smallest absolute Gasteiger partial charge is 0.236 e. The van der Waals surface area contributed by atoms with Crippen molar-refractivity contribution in [1.29, 1.82) is 0 Å². The molecule has 0 aromatic rings. The van der Waals surface area contributed by atoms with Crippen LogP contribution in [0.25, 0.3) is 0 Å². The standard InChI is InChI=1S/C13H22BrNO/c1-2-11(14)13(16)15-9-5-7-10-6-3-4-8-12(10)15/h10-12H,2-9H2,1H3. The van der Waals surface area contributed by atoms with Gasteiger partial charge in [0.25, 0.3) is 0 Å². The Morgan fingerprint density at radius 3 is 2.75 bits per heavy atom. The van der Waals surface area contributed by atoms with Crippen molar-refractivity contribution < 1.29 is 4.79 Å². The lowest BCUT2D eigenvalue weighted by Crippen LogP contribution is -2.51. The van der Waals surface area contributed by atoms with E-state index >= 15 is 0 Å². The van der Waals surface area contributed by atoms with Crippen LogP contribution in [0.1, 0.15) is 51.9 Å². The average molecular weight is 288 g/mol. The van der Waals surface area contributed by atoms with E-state index in [1.165, 1.54) is 38.5 Å². The van der Waals surface area contributed by atoms with E-state index in [2.05, 4.69) is 27.8 Å². The highest BCUT2D eigenvalue weighted by molar-refractivity contribution is 9.10. The van der Waals surface area contributed by atoms with Gasteiger partial charge < -0.3 is 4.90 Å². The highest BCUT2D eigenvalue weighted by Crippen LogP contribution is 2.35. The molecular formula is C13H22BrNO. The van der Waals surface area contributed by atoms with Gasteiger partial charge in [0, 0.05) is 12.6 Å². The minimum atomic E-state index is 0.0353. The first-order chi connectivity index (χ1) is 7.74. The first-order valence-electron chi connectivity index (χ1n) is 6.68. The van der Waals surface area contributed by atoms with Crippen molar-refractivity contribution in [3.05, 3.63) is 0 Å². The zero-order valence-corrected chi connectivity index (χ0v) is 11.7. The van der Waals surface area contributed by atoms with E-state index in [1.807, 2.05) is 0 Å². The Hall–Kier alpha value is -0.0500. The van der Waals surface area contributed by atoms with Crippen molar-refractivity contribution in [3.8, 4) is 0 Å². The molecule has 1 saturated heterocycles. The fourth-order valence-electron chi connectivity index (χ4n) is 3.25. The number of piperidine rings is 1. The number of carbonyl (C=O) groups excluding carboxylic acids is 1. The number of amides is 1. The second kappa shape index (κ2) is 5.52. The van der Waals surface area contributed by atoms with Gasteiger partial charge in [-0.2, -0.15) is 0 Å². The molecule has 1 aliphatic heterocycles. The van der Waals surface area contributed by atoms with Gasteiger partial charge in [-0.25, -0.2) is 0 Å². The zero-order chi connectivity index (χ0) is 11.5. The summed E-state index contributed by atoms with van der Waals surface area (Å²) in [5.41, 5.74) is 0. The summed E-state index contributed by atoms with van der Waals surface area (Å²) in [5, 5.41) is 0. The third kappa shape index (κ3) is 2.44. The fraction of sp³-hybridized carbons (Fsp3) is 0.923. The Bertz CT molecular complexity index is 254. The van der Waals surface area contributed by atoms with Crippen molar-refractivity contribution in [2.75, 3.05) is 6.54 Å². The highest BCUT2D eigenvalue weighted by Gasteiger charge is 2.36. The molecule has 0 aromatic carbocycles. The van der Waals surface area contributed by atoms with Crippen LogP contribution in [0, 0.1) is 5.92 Å². The molecule has 92 valence electrons. The quantitative estimate of drug-likeness (QED) is 0.714. The van der Waals surface area contributed by atoms with E-state index in [-0.39, 0.29) is 4.83 Å². The van der Waals surface area contributed by atoms with Gasteiger partial charge in [0.1, 0.15) is 0 Å². The molecule has 1 aliphatic carbocycles. The van der Waals surface area contributed by atoms with E-state index in [1.54, 1.807) is 0 Å². The van der Waals surface area contributed by atoms with Crippen LogP contribution in [0.3, 0.4) is 0 Å². The summed E-state index contributed by atoms with van der Waals surface area (Å²) >= 11 is 3.50. The predicted octanol–water partition coefficient (Wildman–Crippen LogP) is 3.34. The van der Waals surface area contributed by atoms with Crippen LogP contribution in [-0.4, -0.2) is 28.2 Å². The molecule has 16 heavy (non-hydrogen) atoms. The zero-order valence-electron chi connectivity index (χ0n) is 10.1. The van der Waals surface area contributed by atoms with E-state index < -0.39 is 0 Å². The van der Waals surface area contributed by atoms with E-state index in [0.29, 0.717) is 11.9 Å². The molecule has 1 saturated carbocycles. The number of nitrogens with zero attached hydrogens (tertiary/aromatic N) is 1. The third-order valence-corrected chi connectivity index (χ3v) is 5.19. The minimum Gasteiger partial charge on any atom is -0.338 e. The first kappa shape index (κ1) is 12.4. The van der Waals surface area contributed by atoms with E-state index in [9.17, 15) is 4.79 Å². The number of hydrogen-bond acceptors (Lipinski definition) is 1. The summed E-state index contributed by atoms with van der Waals surface area (Å²) in [4.78, 5) is 14.5. The van der Waals surface area contributed by atoms with E-state index in [0.717, 1.165) is 18.9 Å². The normalized spacial score (nSPS) is 32.0. The summed E-state index contributed by atoms with van der Waals surface area (Å²) in [5.74, 6) is 1.13. The lowest BCUT2D eigenvalue weighted by Gasteiger charge is -2.44. The molecule has 2 fully saturated rings. The van der Waals surface area contributed by atoms with Gasteiger partial charge in [-0.05, 0) is 38.0 Å². The summed E-state index contributed by atoms with van der Waals surface area (Å²) in [6.45, 7) is 3.06.